The molecule has 0 rings (SSSR count). The average molecular weight is 333 g/mol. The maximum atomic E-state index is 12.4. The standard InChI is InChI=1S/C16H31NO4S/c1-6-7-8-10-21-17(15(18)12-13(2)3)14(9-11-22-5)16(19)20-4/h13-14H,6-12H2,1-5H3/t14-/m0/s1. The van der Waals surface area contributed by atoms with Gasteiger partial charge < -0.3 is 4.74 Å². The van der Waals surface area contributed by atoms with E-state index < -0.39 is 12.0 Å². The monoisotopic (exact) mass is 333 g/mol. The molecule has 0 fully saturated rings. The van der Waals surface area contributed by atoms with Crippen LogP contribution in [0.5, 0.6) is 0 Å². The second-order valence-corrected chi connectivity index (χ2v) is 6.66. The first-order chi connectivity index (χ1) is 10.5. The summed E-state index contributed by atoms with van der Waals surface area (Å²) in [6.07, 6.45) is 5.86. The highest BCUT2D eigenvalue weighted by Crippen LogP contribution is 2.15. The Morgan fingerprint density at radius 3 is 2.41 bits per heavy atom. The van der Waals surface area contributed by atoms with Crippen LogP contribution in [0.4, 0.5) is 0 Å². The Morgan fingerprint density at radius 1 is 1.23 bits per heavy atom. The molecule has 0 unspecified atom stereocenters. The first-order valence-corrected chi connectivity index (χ1v) is 9.38. The Morgan fingerprint density at radius 2 is 1.91 bits per heavy atom. The smallest absolute Gasteiger partial charge is 0.331 e. The molecule has 0 aromatic carbocycles. The fourth-order valence-electron chi connectivity index (χ4n) is 1.99. The second-order valence-electron chi connectivity index (χ2n) is 5.68. The summed E-state index contributed by atoms with van der Waals surface area (Å²) >= 11 is 1.63. The number of thioether (sulfide) groups is 1. The van der Waals surface area contributed by atoms with Gasteiger partial charge in [0.15, 0.2) is 6.04 Å². The number of unbranched alkanes of at least 4 members (excludes halogenated alkanes) is 2. The zero-order valence-corrected chi connectivity index (χ0v) is 15.4. The first-order valence-electron chi connectivity index (χ1n) is 7.99. The van der Waals surface area contributed by atoms with Crippen molar-refractivity contribution >= 4 is 23.6 Å². The third-order valence-corrected chi connectivity index (χ3v) is 3.80. The predicted molar refractivity (Wildman–Crippen MR) is 90.6 cm³/mol. The number of carbonyl (C=O) groups excluding carboxylic acids is 2. The number of methoxy groups -OCH3 is 1. The number of ether oxygens (including phenoxy) is 1. The molecule has 5 nitrogen and oxygen atoms in total. The molecule has 0 saturated heterocycles. The van der Waals surface area contributed by atoms with Gasteiger partial charge in [-0.15, -0.1) is 0 Å². The molecule has 0 aliphatic carbocycles. The molecule has 0 aliphatic heterocycles. The van der Waals surface area contributed by atoms with E-state index in [0.717, 1.165) is 25.0 Å². The molecule has 0 radical (unpaired) electrons. The summed E-state index contributed by atoms with van der Waals surface area (Å²) in [4.78, 5) is 30.1. The third kappa shape index (κ3) is 8.63. The molecule has 6 heteroatoms. The van der Waals surface area contributed by atoms with E-state index in [4.69, 9.17) is 9.57 Å². The minimum Gasteiger partial charge on any atom is -0.467 e. The highest BCUT2D eigenvalue weighted by molar-refractivity contribution is 7.98. The van der Waals surface area contributed by atoms with Gasteiger partial charge in [0, 0.05) is 6.42 Å². The Hall–Kier alpha value is -0.750. The fourth-order valence-corrected chi connectivity index (χ4v) is 2.45. The molecule has 0 spiro atoms. The first kappa shape index (κ1) is 21.2. The Labute approximate surface area is 139 Å². The van der Waals surface area contributed by atoms with Crippen LogP contribution in [0.1, 0.15) is 52.9 Å². The van der Waals surface area contributed by atoms with E-state index in [-0.39, 0.29) is 11.8 Å². The molecule has 1 amide bonds. The highest BCUT2D eigenvalue weighted by Gasteiger charge is 2.31. The van der Waals surface area contributed by atoms with E-state index in [1.54, 1.807) is 11.8 Å². The van der Waals surface area contributed by atoms with Gasteiger partial charge in [-0.25, -0.2) is 9.86 Å². The minimum absolute atomic E-state index is 0.150. The fraction of sp³-hybridized carbons (Fsp3) is 0.875. The molecule has 22 heavy (non-hydrogen) atoms. The number of rotatable bonds is 12. The average Bonchev–Trinajstić information content (AvgIpc) is 2.48. The number of amides is 1. The molecule has 0 N–H and O–H groups in total. The van der Waals surface area contributed by atoms with Crippen molar-refractivity contribution < 1.29 is 19.2 Å². The summed E-state index contributed by atoms with van der Waals surface area (Å²) in [5.41, 5.74) is 0. The summed E-state index contributed by atoms with van der Waals surface area (Å²) in [7, 11) is 1.34. The van der Waals surface area contributed by atoms with Crippen molar-refractivity contribution in [2.24, 2.45) is 5.92 Å². The normalized spacial score (nSPS) is 12.3. The molecular weight excluding hydrogens is 302 g/mol. The van der Waals surface area contributed by atoms with Crippen LogP contribution in [0.3, 0.4) is 0 Å². The number of hydrogen-bond donors (Lipinski definition) is 0. The van der Waals surface area contributed by atoms with E-state index >= 15 is 0 Å². The van der Waals surface area contributed by atoms with Crippen LogP contribution in [0.2, 0.25) is 0 Å². The summed E-state index contributed by atoms with van der Waals surface area (Å²) < 4.78 is 4.85. The summed E-state index contributed by atoms with van der Waals surface area (Å²) in [6.45, 7) is 6.51. The van der Waals surface area contributed by atoms with Crippen molar-refractivity contribution in [3.8, 4) is 0 Å². The number of nitrogens with zero attached hydrogens (tertiary/aromatic N) is 1. The number of carbonyl (C=O) groups is 2. The van der Waals surface area contributed by atoms with Crippen molar-refractivity contribution in [2.45, 2.75) is 58.9 Å². The van der Waals surface area contributed by atoms with Gasteiger partial charge in [0.2, 0.25) is 5.91 Å². The van der Waals surface area contributed by atoms with Gasteiger partial charge in [-0.05, 0) is 30.8 Å². The molecule has 130 valence electrons. The lowest BCUT2D eigenvalue weighted by atomic mass is 10.1. The number of hydroxylamine groups is 2. The van der Waals surface area contributed by atoms with Crippen molar-refractivity contribution in [1.82, 2.24) is 5.06 Å². The molecule has 0 aliphatic rings. The minimum atomic E-state index is -0.662. The Balaban J connectivity index is 4.93. The van der Waals surface area contributed by atoms with E-state index in [9.17, 15) is 9.59 Å². The van der Waals surface area contributed by atoms with Gasteiger partial charge in [-0.2, -0.15) is 11.8 Å². The molecule has 0 saturated carbocycles. The molecule has 0 heterocycles. The maximum absolute atomic E-state index is 12.4. The largest absolute Gasteiger partial charge is 0.467 e. The Kier molecular flexibility index (Phi) is 12.3. The van der Waals surface area contributed by atoms with Crippen LogP contribution in [0.25, 0.3) is 0 Å². The lowest BCUT2D eigenvalue weighted by Gasteiger charge is -2.29. The van der Waals surface area contributed by atoms with Crippen molar-refractivity contribution in [1.29, 1.82) is 0 Å². The van der Waals surface area contributed by atoms with E-state index in [0.29, 0.717) is 19.4 Å². The zero-order chi connectivity index (χ0) is 17.0. The highest BCUT2D eigenvalue weighted by atomic mass is 32.2. The quantitative estimate of drug-likeness (QED) is 0.312. The summed E-state index contributed by atoms with van der Waals surface area (Å²) in [5, 5.41) is 1.26. The van der Waals surface area contributed by atoms with Crippen molar-refractivity contribution in [3.63, 3.8) is 0 Å². The molecule has 0 aromatic heterocycles. The molecule has 1 atom stereocenters. The van der Waals surface area contributed by atoms with Crippen molar-refractivity contribution in [3.05, 3.63) is 0 Å². The van der Waals surface area contributed by atoms with Gasteiger partial charge in [0.1, 0.15) is 0 Å². The van der Waals surface area contributed by atoms with E-state index in [1.165, 1.54) is 12.2 Å². The SMILES string of the molecule is CCCCCON(C(=O)CC(C)C)[C@@H](CCSC)C(=O)OC. The topological polar surface area (TPSA) is 55.8 Å². The third-order valence-electron chi connectivity index (χ3n) is 3.16. The molecule has 0 aromatic rings. The molecular formula is C16H31NO4S. The van der Waals surface area contributed by atoms with Crippen LogP contribution in [0.15, 0.2) is 0 Å². The predicted octanol–water partition coefficient (Wildman–Crippen LogP) is 3.28. The summed E-state index contributed by atoms with van der Waals surface area (Å²) in [5.74, 6) is 0.418. The lowest BCUT2D eigenvalue weighted by molar-refractivity contribution is -0.209. The van der Waals surface area contributed by atoms with Gasteiger partial charge in [0.05, 0.1) is 13.7 Å². The maximum Gasteiger partial charge on any atom is 0.331 e. The van der Waals surface area contributed by atoms with Crippen molar-refractivity contribution in [2.75, 3.05) is 25.7 Å². The van der Waals surface area contributed by atoms with Crippen LogP contribution in [-0.4, -0.2) is 48.7 Å². The second kappa shape index (κ2) is 12.8. The zero-order valence-electron chi connectivity index (χ0n) is 14.6. The molecule has 0 bridgehead atoms. The van der Waals surface area contributed by atoms with Gasteiger partial charge in [-0.1, -0.05) is 33.6 Å². The number of esters is 1. The summed E-state index contributed by atoms with van der Waals surface area (Å²) in [6, 6.07) is -0.662. The van der Waals surface area contributed by atoms with E-state index in [2.05, 4.69) is 6.92 Å². The lowest BCUT2D eigenvalue weighted by Crippen LogP contribution is -2.46. The van der Waals surface area contributed by atoms with Crippen LogP contribution >= 0.6 is 11.8 Å². The Bertz CT molecular complexity index is 323. The van der Waals surface area contributed by atoms with Crippen LogP contribution in [0, 0.1) is 5.92 Å². The number of hydrogen-bond acceptors (Lipinski definition) is 5. The van der Waals surface area contributed by atoms with Crippen LogP contribution < -0.4 is 0 Å². The van der Waals surface area contributed by atoms with Gasteiger partial charge in [-0.3, -0.25) is 9.63 Å². The van der Waals surface area contributed by atoms with E-state index in [1.807, 2.05) is 20.1 Å². The van der Waals surface area contributed by atoms with Gasteiger partial charge in [0.25, 0.3) is 0 Å². The van der Waals surface area contributed by atoms with Gasteiger partial charge >= 0.3 is 5.97 Å². The van der Waals surface area contributed by atoms with Crippen LogP contribution in [-0.2, 0) is 19.2 Å².